The topological polar surface area (TPSA) is 41.6 Å². The Hall–Kier alpha value is -2.37. The van der Waals surface area contributed by atoms with Gasteiger partial charge in [0.15, 0.2) is 10.9 Å². The third-order valence-electron chi connectivity index (χ3n) is 4.96. The number of rotatable bonds is 7. The highest BCUT2D eigenvalue weighted by Crippen LogP contribution is 2.32. The maximum atomic E-state index is 12.4. The molecule has 0 saturated heterocycles. The number of benzene rings is 2. The van der Waals surface area contributed by atoms with Gasteiger partial charge in [0.1, 0.15) is 12.4 Å². The minimum atomic E-state index is -0.251. The number of hydrogen-bond acceptors (Lipinski definition) is 3. The first-order chi connectivity index (χ1) is 13.9. The number of hydrogen-bond donors (Lipinski definition) is 1. The molecule has 6 heteroatoms. The molecule has 0 fully saturated rings. The molecule has 1 heterocycles. The van der Waals surface area contributed by atoms with Crippen molar-refractivity contribution in [1.29, 1.82) is 0 Å². The number of carbonyl (C=O) groups is 1. The summed E-state index contributed by atoms with van der Waals surface area (Å²) < 4.78 is 5.86. The van der Waals surface area contributed by atoms with Crippen LogP contribution in [0.5, 0.6) is 5.75 Å². The molecule has 3 rings (SSSR count). The van der Waals surface area contributed by atoms with Gasteiger partial charge >= 0.3 is 0 Å². The van der Waals surface area contributed by atoms with E-state index in [1.54, 1.807) is 6.92 Å². The van der Waals surface area contributed by atoms with Gasteiger partial charge in [-0.25, -0.2) is 0 Å². The lowest BCUT2D eigenvalue weighted by Gasteiger charge is -2.37. The molecule has 0 spiro atoms. The summed E-state index contributed by atoms with van der Waals surface area (Å²) in [5.41, 5.74) is 3.70. The standard InChI is InChI=1S/C23H25ClN2O2S/c1-4-13-26-15(2)21(16(3)27)22(25-23(26)29)18-7-11-20(12-8-18)28-14-17-5-9-19(24)10-6-17/h5-12,22H,4,13-14H2,1-3H3,(H,25,29). The Kier molecular flexibility index (Phi) is 6.93. The van der Waals surface area contributed by atoms with Gasteiger partial charge in [-0.05, 0) is 67.9 Å². The maximum Gasteiger partial charge on any atom is 0.173 e. The average molecular weight is 429 g/mol. The first kappa shape index (κ1) is 21.3. The SMILES string of the molecule is CCCN1C(=S)NC(c2ccc(OCc3ccc(Cl)cc3)cc2)C(C(C)=O)=C1C. The summed E-state index contributed by atoms with van der Waals surface area (Å²) in [6.07, 6.45) is 0.953. The van der Waals surface area contributed by atoms with E-state index in [4.69, 9.17) is 28.6 Å². The number of ether oxygens (including phenoxy) is 1. The highest BCUT2D eigenvalue weighted by molar-refractivity contribution is 7.80. The summed E-state index contributed by atoms with van der Waals surface area (Å²) in [5.74, 6) is 0.812. The zero-order valence-corrected chi connectivity index (χ0v) is 18.4. The van der Waals surface area contributed by atoms with Crippen molar-refractivity contribution < 1.29 is 9.53 Å². The summed E-state index contributed by atoms with van der Waals surface area (Å²) >= 11 is 11.5. The third-order valence-corrected chi connectivity index (χ3v) is 5.55. The van der Waals surface area contributed by atoms with Gasteiger partial charge in [0.25, 0.3) is 0 Å². The molecule has 2 aromatic carbocycles. The maximum absolute atomic E-state index is 12.4. The zero-order chi connectivity index (χ0) is 21.0. The van der Waals surface area contributed by atoms with Crippen LogP contribution in [-0.4, -0.2) is 22.3 Å². The molecule has 4 nitrogen and oxygen atoms in total. The lowest BCUT2D eigenvalue weighted by atomic mass is 9.92. The van der Waals surface area contributed by atoms with E-state index < -0.39 is 0 Å². The van der Waals surface area contributed by atoms with Crippen LogP contribution in [0.4, 0.5) is 0 Å². The fourth-order valence-corrected chi connectivity index (χ4v) is 3.96. The van der Waals surface area contributed by atoms with Crippen LogP contribution < -0.4 is 10.1 Å². The minimum Gasteiger partial charge on any atom is -0.489 e. The van der Waals surface area contributed by atoms with Crippen LogP contribution >= 0.6 is 23.8 Å². The highest BCUT2D eigenvalue weighted by atomic mass is 35.5. The second-order valence-electron chi connectivity index (χ2n) is 7.07. The van der Waals surface area contributed by atoms with Gasteiger partial charge in [0, 0.05) is 22.8 Å². The van der Waals surface area contributed by atoms with Crippen molar-refractivity contribution in [2.45, 2.75) is 39.8 Å². The molecule has 29 heavy (non-hydrogen) atoms. The molecule has 0 bridgehead atoms. The van der Waals surface area contributed by atoms with Gasteiger partial charge in [-0.3, -0.25) is 4.79 Å². The van der Waals surface area contributed by atoms with Gasteiger partial charge < -0.3 is 15.0 Å². The van der Waals surface area contributed by atoms with Gasteiger partial charge in [0.2, 0.25) is 0 Å². The van der Waals surface area contributed by atoms with E-state index >= 15 is 0 Å². The molecule has 2 aromatic rings. The lowest BCUT2D eigenvalue weighted by Crippen LogP contribution is -2.47. The Bertz CT molecular complexity index is 923. The van der Waals surface area contributed by atoms with Crippen LogP contribution in [0.2, 0.25) is 5.02 Å². The fourth-order valence-electron chi connectivity index (χ4n) is 3.48. The molecule has 1 unspecified atom stereocenters. The van der Waals surface area contributed by atoms with Gasteiger partial charge in [-0.2, -0.15) is 0 Å². The summed E-state index contributed by atoms with van der Waals surface area (Å²) in [6.45, 7) is 6.93. The quantitative estimate of drug-likeness (QED) is 0.596. The van der Waals surface area contributed by atoms with Crippen LogP contribution in [-0.2, 0) is 11.4 Å². The zero-order valence-electron chi connectivity index (χ0n) is 16.9. The molecule has 0 saturated carbocycles. The molecule has 0 aromatic heterocycles. The van der Waals surface area contributed by atoms with Gasteiger partial charge in [-0.1, -0.05) is 42.8 Å². The Balaban J connectivity index is 1.78. The summed E-state index contributed by atoms with van der Waals surface area (Å²) in [5, 5.41) is 4.70. The molecule has 0 radical (unpaired) electrons. The normalized spacial score (nSPS) is 16.6. The molecule has 1 N–H and O–H groups in total. The molecule has 152 valence electrons. The molecule has 1 aliphatic heterocycles. The molecule has 0 amide bonds. The van der Waals surface area contributed by atoms with Crippen LogP contribution in [0.15, 0.2) is 59.8 Å². The van der Waals surface area contributed by atoms with Crippen LogP contribution in [0.25, 0.3) is 0 Å². The summed E-state index contributed by atoms with van der Waals surface area (Å²) in [6, 6.07) is 15.1. The molecular weight excluding hydrogens is 404 g/mol. The summed E-state index contributed by atoms with van der Waals surface area (Å²) in [4.78, 5) is 14.4. The van der Waals surface area contributed by atoms with E-state index in [0.717, 1.165) is 41.1 Å². The van der Waals surface area contributed by atoms with Crippen LogP contribution in [0, 0.1) is 0 Å². The Morgan fingerprint density at radius 2 is 1.83 bits per heavy atom. The van der Waals surface area contributed by atoms with Crippen molar-refractivity contribution in [3.05, 3.63) is 76.0 Å². The largest absolute Gasteiger partial charge is 0.489 e. The Labute approximate surface area is 182 Å². The number of allylic oxidation sites excluding steroid dienone is 1. The molecule has 0 aliphatic carbocycles. The monoisotopic (exact) mass is 428 g/mol. The van der Waals surface area contributed by atoms with E-state index in [-0.39, 0.29) is 11.8 Å². The van der Waals surface area contributed by atoms with Crippen molar-refractivity contribution in [1.82, 2.24) is 10.2 Å². The molecule has 1 atom stereocenters. The van der Waals surface area contributed by atoms with Crippen molar-refractivity contribution in [2.24, 2.45) is 0 Å². The van der Waals surface area contributed by atoms with E-state index in [9.17, 15) is 4.79 Å². The minimum absolute atomic E-state index is 0.0478. The number of ketones is 1. The predicted octanol–water partition coefficient (Wildman–Crippen LogP) is 5.42. The molecular formula is C23H25ClN2O2S. The third kappa shape index (κ3) is 4.98. The number of Topliss-reactive ketones (excluding diaryl/α,β-unsaturated/α-hetero) is 1. The van der Waals surface area contributed by atoms with E-state index in [1.807, 2.05) is 60.4 Å². The van der Waals surface area contributed by atoms with E-state index in [0.29, 0.717) is 16.7 Å². The number of carbonyl (C=O) groups excluding carboxylic acids is 1. The van der Waals surface area contributed by atoms with Crippen LogP contribution in [0.1, 0.15) is 44.4 Å². The van der Waals surface area contributed by atoms with Crippen molar-refractivity contribution in [3.63, 3.8) is 0 Å². The Morgan fingerprint density at radius 3 is 2.41 bits per heavy atom. The summed E-state index contributed by atoms with van der Waals surface area (Å²) in [7, 11) is 0. The number of nitrogens with one attached hydrogen (secondary N) is 1. The van der Waals surface area contributed by atoms with Gasteiger partial charge in [0.05, 0.1) is 6.04 Å². The van der Waals surface area contributed by atoms with Crippen molar-refractivity contribution in [2.75, 3.05) is 6.54 Å². The average Bonchev–Trinajstić information content (AvgIpc) is 2.70. The molecule has 1 aliphatic rings. The van der Waals surface area contributed by atoms with Crippen molar-refractivity contribution in [3.8, 4) is 5.75 Å². The van der Waals surface area contributed by atoms with Crippen molar-refractivity contribution >= 4 is 34.7 Å². The highest BCUT2D eigenvalue weighted by Gasteiger charge is 2.31. The second-order valence-corrected chi connectivity index (χ2v) is 7.90. The van der Waals surface area contributed by atoms with E-state index in [1.165, 1.54) is 0 Å². The predicted molar refractivity (Wildman–Crippen MR) is 121 cm³/mol. The van der Waals surface area contributed by atoms with Gasteiger partial charge in [-0.15, -0.1) is 0 Å². The second kappa shape index (κ2) is 9.42. The first-order valence-corrected chi connectivity index (χ1v) is 10.5. The smallest absolute Gasteiger partial charge is 0.173 e. The fraction of sp³-hybridized carbons (Fsp3) is 0.304. The number of halogens is 1. The Morgan fingerprint density at radius 1 is 1.17 bits per heavy atom. The first-order valence-electron chi connectivity index (χ1n) is 9.67. The number of thiocarbonyl (C=S) groups is 1. The van der Waals surface area contributed by atoms with E-state index in [2.05, 4.69) is 12.2 Å². The van der Waals surface area contributed by atoms with Crippen LogP contribution in [0.3, 0.4) is 0 Å². The number of nitrogens with zero attached hydrogens (tertiary/aromatic N) is 1. The lowest BCUT2D eigenvalue weighted by molar-refractivity contribution is -0.114.